The fourth-order valence-electron chi connectivity index (χ4n) is 3.64. The molecule has 2 saturated heterocycles. The molecule has 2 aliphatic heterocycles. The van der Waals surface area contributed by atoms with E-state index in [1.54, 1.807) is 19.1 Å². The van der Waals surface area contributed by atoms with Gasteiger partial charge in [0.05, 0.1) is 27.9 Å². The summed E-state index contributed by atoms with van der Waals surface area (Å²) >= 11 is 0. The standard InChI is InChI=1S/C16H23NO6S3/c1-12-3-4-16(9-13(12)2)26(22,23)17(14-5-7-24(18,19)10-14)15-6-8-25(20,21)11-15/h3-4,9,14-15H,5-8,10-11H2,1-2H3/t14-,15-/m1/s1. The summed E-state index contributed by atoms with van der Waals surface area (Å²) in [4.78, 5) is 0.0780. The molecule has 1 aromatic rings. The molecule has 0 aliphatic carbocycles. The van der Waals surface area contributed by atoms with Crippen LogP contribution in [0.3, 0.4) is 0 Å². The molecule has 10 heteroatoms. The van der Waals surface area contributed by atoms with Crippen molar-refractivity contribution >= 4 is 29.7 Å². The van der Waals surface area contributed by atoms with E-state index in [4.69, 9.17) is 0 Å². The van der Waals surface area contributed by atoms with Crippen molar-refractivity contribution in [2.24, 2.45) is 0 Å². The molecule has 0 spiro atoms. The number of hydrogen-bond donors (Lipinski definition) is 0. The summed E-state index contributed by atoms with van der Waals surface area (Å²) in [6, 6.07) is 3.33. The Kier molecular flexibility index (Phi) is 5.00. The van der Waals surface area contributed by atoms with E-state index in [9.17, 15) is 25.3 Å². The summed E-state index contributed by atoms with van der Waals surface area (Å²) in [6.07, 6.45) is 0.395. The van der Waals surface area contributed by atoms with Crippen molar-refractivity contribution in [3.63, 3.8) is 0 Å². The third kappa shape index (κ3) is 3.83. The van der Waals surface area contributed by atoms with E-state index in [0.29, 0.717) is 0 Å². The normalized spacial score (nSPS) is 27.8. The van der Waals surface area contributed by atoms with Gasteiger partial charge in [0.1, 0.15) is 0 Å². The maximum atomic E-state index is 13.3. The highest BCUT2D eigenvalue weighted by molar-refractivity contribution is 7.92. The van der Waals surface area contributed by atoms with Gasteiger partial charge in [0.2, 0.25) is 10.0 Å². The number of sulfonamides is 1. The first-order chi connectivity index (χ1) is 11.9. The highest BCUT2D eigenvalue weighted by Crippen LogP contribution is 2.32. The van der Waals surface area contributed by atoms with E-state index in [2.05, 4.69) is 0 Å². The highest BCUT2D eigenvalue weighted by atomic mass is 32.2. The predicted octanol–water partition coefficient (Wildman–Crippen LogP) is 0.668. The lowest BCUT2D eigenvalue weighted by Crippen LogP contribution is -2.48. The van der Waals surface area contributed by atoms with Crippen molar-refractivity contribution in [3.8, 4) is 0 Å². The van der Waals surface area contributed by atoms with E-state index in [1.807, 2.05) is 6.92 Å². The number of aryl methyl sites for hydroxylation is 2. The quantitative estimate of drug-likeness (QED) is 0.707. The van der Waals surface area contributed by atoms with Crippen LogP contribution in [0.4, 0.5) is 0 Å². The van der Waals surface area contributed by atoms with E-state index in [1.165, 1.54) is 10.4 Å². The van der Waals surface area contributed by atoms with E-state index in [-0.39, 0.29) is 40.7 Å². The molecule has 0 N–H and O–H groups in total. The van der Waals surface area contributed by atoms with Gasteiger partial charge in [-0.3, -0.25) is 0 Å². The van der Waals surface area contributed by atoms with Crippen LogP contribution < -0.4 is 0 Å². The van der Waals surface area contributed by atoms with Crippen molar-refractivity contribution in [2.45, 2.75) is 43.7 Å². The summed E-state index contributed by atoms with van der Waals surface area (Å²) < 4.78 is 75.5. The minimum atomic E-state index is -4.00. The molecule has 0 amide bonds. The van der Waals surface area contributed by atoms with Crippen molar-refractivity contribution in [3.05, 3.63) is 29.3 Å². The minimum Gasteiger partial charge on any atom is -0.229 e. The smallest absolute Gasteiger partial charge is 0.229 e. The van der Waals surface area contributed by atoms with Gasteiger partial charge < -0.3 is 0 Å². The molecule has 7 nitrogen and oxygen atoms in total. The summed E-state index contributed by atoms with van der Waals surface area (Å²) in [5.74, 6) is -0.659. The van der Waals surface area contributed by atoms with Crippen LogP contribution in [-0.4, -0.2) is 64.7 Å². The Labute approximate surface area is 155 Å². The molecule has 0 radical (unpaired) electrons. The van der Waals surface area contributed by atoms with Crippen LogP contribution in [-0.2, 0) is 29.7 Å². The fourth-order valence-corrected chi connectivity index (χ4v) is 9.20. The Morgan fingerprint density at radius 2 is 1.38 bits per heavy atom. The molecule has 2 heterocycles. The van der Waals surface area contributed by atoms with Crippen molar-refractivity contribution in [2.75, 3.05) is 23.0 Å². The second kappa shape index (κ2) is 6.57. The molecular weight excluding hydrogens is 398 g/mol. The summed E-state index contributed by atoms with van der Waals surface area (Å²) in [7, 11) is -10.6. The molecule has 26 heavy (non-hydrogen) atoms. The number of rotatable bonds is 4. The van der Waals surface area contributed by atoms with Gasteiger partial charge in [0, 0.05) is 12.1 Å². The largest absolute Gasteiger partial charge is 0.243 e. The van der Waals surface area contributed by atoms with Crippen LogP contribution in [0.2, 0.25) is 0 Å². The SMILES string of the molecule is Cc1ccc(S(=O)(=O)N([C@@H]2CCS(=O)(=O)C2)[C@@H]2CCS(=O)(=O)C2)cc1C. The van der Waals surface area contributed by atoms with Crippen LogP contribution in [0.15, 0.2) is 23.1 Å². The molecule has 0 bridgehead atoms. The first-order valence-electron chi connectivity index (χ1n) is 8.43. The number of nitrogens with zero attached hydrogens (tertiary/aromatic N) is 1. The highest BCUT2D eigenvalue weighted by Gasteiger charge is 2.46. The van der Waals surface area contributed by atoms with Gasteiger partial charge in [-0.15, -0.1) is 0 Å². The van der Waals surface area contributed by atoms with Gasteiger partial charge in [-0.1, -0.05) is 6.07 Å². The maximum absolute atomic E-state index is 13.3. The molecule has 3 rings (SSSR count). The molecule has 0 unspecified atom stereocenters. The predicted molar refractivity (Wildman–Crippen MR) is 99.1 cm³/mol. The zero-order valence-electron chi connectivity index (χ0n) is 14.8. The molecule has 1 aromatic carbocycles. The first-order valence-corrected chi connectivity index (χ1v) is 13.5. The summed E-state index contributed by atoms with van der Waals surface area (Å²) in [5, 5.41) is 0. The van der Waals surface area contributed by atoms with Gasteiger partial charge in [0.15, 0.2) is 19.7 Å². The molecule has 0 aromatic heterocycles. The van der Waals surface area contributed by atoms with Crippen LogP contribution in [0.5, 0.6) is 0 Å². The minimum absolute atomic E-state index is 0.0733. The number of benzene rings is 1. The molecule has 2 aliphatic rings. The van der Waals surface area contributed by atoms with Crippen LogP contribution in [0.1, 0.15) is 24.0 Å². The lowest BCUT2D eigenvalue weighted by Gasteiger charge is -2.32. The third-order valence-electron chi connectivity index (χ3n) is 5.19. The Morgan fingerprint density at radius 3 is 1.77 bits per heavy atom. The van der Waals surface area contributed by atoms with Crippen molar-refractivity contribution in [1.29, 1.82) is 0 Å². The maximum Gasteiger partial charge on any atom is 0.243 e. The van der Waals surface area contributed by atoms with Crippen molar-refractivity contribution < 1.29 is 25.3 Å². The fraction of sp³-hybridized carbons (Fsp3) is 0.625. The molecule has 146 valence electrons. The summed E-state index contributed by atoms with van der Waals surface area (Å²) in [5.41, 5.74) is 1.76. The summed E-state index contributed by atoms with van der Waals surface area (Å²) in [6.45, 7) is 3.68. The van der Waals surface area contributed by atoms with Gasteiger partial charge in [-0.05, 0) is 49.9 Å². The second-order valence-electron chi connectivity index (χ2n) is 7.19. The van der Waals surface area contributed by atoms with Gasteiger partial charge in [-0.2, -0.15) is 4.31 Å². The van der Waals surface area contributed by atoms with Gasteiger partial charge in [0.25, 0.3) is 0 Å². The van der Waals surface area contributed by atoms with Crippen LogP contribution in [0.25, 0.3) is 0 Å². The molecule has 2 fully saturated rings. The van der Waals surface area contributed by atoms with Crippen molar-refractivity contribution in [1.82, 2.24) is 4.31 Å². The average molecular weight is 422 g/mol. The zero-order chi connectivity index (χ0) is 19.3. The monoisotopic (exact) mass is 421 g/mol. The number of sulfone groups is 2. The molecule has 2 atom stereocenters. The Bertz CT molecular complexity index is 984. The number of hydrogen-bond acceptors (Lipinski definition) is 6. The average Bonchev–Trinajstić information content (AvgIpc) is 3.04. The van der Waals surface area contributed by atoms with Gasteiger partial charge >= 0.3 is 0 Å². The second-order valence-corrected chi connectivity index (χ2v) is 13.5. The Morgan fingerprint density at radius 1 is 0.885 bits per heavy atom. The van der Waals surface area contributed by atoms with Crippen LogP contribution in [0, 0.1) is 13.8 Å². The molecular formula is C16H23NO6S3. The Hall–Kier alpha value is -0.970. The van der Waals surface area contributed by atoms with Crippen LogP contribution >= 0.6 is 0 Å². The first kappa shape index (κ1) is 19.8. The van der Waals surface area contributed by atoms with Gasteiger partial charge in [-0.25, -0.2) is 25.3 Å². The lowest BCUT2D eigenvalue weighted by molar-refractivity contribution is 0.280. The lowest BCUT2D eigenvalue weighted by atomic mass is 10.1. The van der Waals surface area contributed by atoms with E-state index >= 15 is 0 Å². The van der Waals surface area contributed by atoms with E-state index in [0.717, 1.165) is 11.1 Å². The Balaban J connectivity index is 2.06. The topological polar surface area (TPSA) is 106 Å². The third-order valence-corrected chi connectivity index (χ3v) is 10.7. The molecule has 0 saturated carbocycles. The van der Waals surface area contributed by atoms with E-state index < -0.39 is 41.8 Å². The zero-order valence-corrected chi connectivity index (χ0v) is 17.2.